The van der Waals surface area contributed by atoms with Gasteiger partial charge in [-0.05, 0) is 42.7 Å². The van der Waals surface area contributed by atoms with E-state index in [9.17, 15) is 4.39 Å². The van der Waals surface area contributed by atoms with Crippen LogP contribution in [0, 0.1) is 12.7 Å². The fraction of sp³-hybridized carbons (Fsp3) is 0.381. The Hall–Kier alpha value is -2.03. The molecular formula is C21H28FIN4O. The summed E-state index contributed by atoms with van der Waals surface area (Å²) in [5.41, 5.74) is 2.66. The van der Waals surface area contributed by atoms with E-state index in [-0.39, 0.29) is 35.8 Å². The van der Waals surface area contributed by atoms with E-state index in [0.29, 0.717) is 12.1 Å². The first-order valence-corrected chi connectivity index (χ1v) is 9.21. The fourth-order valence-electron chi connectivity index (χ4n) is 3.31. The third-order valence-corrected chi connectivity index (χ3v) is 4.87. The number of aryl methyl sites for hydroxylation is 1. The van der Waals surface area contributed by atoms with E-state index in [1.807, 2.05) is 24.3 Å². The Morgan fingerprint density at radius 1 is 1.29 bits per heavy atom. The van der Waals surface area contributed by atoms with Gasteiger partial charge in [-0.3, -0.25) is 4.99 Å². The summed E-state index contributed by atoms with van der Waals surface area (Å²) in [6, 6.07) is 13.7. The van der Waals surface area contributed by atoms with E-state index in [4.69, 9.17) is 4.74 Å². The summed E-state index contributed by atoms with van der Waals surface area (Å²) < 4.78 is 19.2. The van der Waals surface area contributed by atoms with E-state index in [2.05, 4.69) is 26.6 Å². The van der Waals surface area contributed by atoms with Gasteiger partial charge in [0.2, 0.25) is 0 Å². The van der Waals surface area contributed by atoms with Gasteiger partial charge < -0.3 is 20.3 Å². The summed E-state index contributed by atoms with van der Waals surface area (Å²) in [5, 5.41) is 6.73. The molecule has 1 aliphatic heterocycles. The van der Waals surface area contributed by atoms with Crippen LogP contribution in [-0.4, -0.2) is 39.2 Å². The van der Waals surface area contributed by atoms with E-state index in [1.54, 1.807) is 33.2 Å². The van der Waals surface area contributed by atoms with Crippen molar-refractivity contribution in [2.24, 2.45) is 4.99 Å². The molecular weight excluding hydrogens is 470 g/mol. The smallest absolute Gasteiger partial charge is 0.191 e. The molecule has 1 atom stereocenters. The zero-order valence-corrected chi connectivity index (χ0v) is 18.9. The van der Waals surface area contributed by atoms with Crippen LogP contribution in [0.2, 0.25) is 0 Å². The van der Waals surface area contributed by atoms with E-state index < -0.39 is 0 Å². The Morgan fingerprint density at radius 3 is 2.79 bits per heavy atom. The highest BCUT2D eigenvalue weighted by Gasteiger charge is 2.25. The standard InChI is InChI=1S/C21H27FN4O.HI/c1-15-8-9-16(12-18(15)22)13-24-21(23-2)25-17-10-11-26(14-17)19-6-4-5-7-20(19)27-3;/h4-9,12,17H,10-11,13-14H2,1-3H3,(H2,23,24,25);1H. The lowest BCUT2D eigenvalue weighted by Crippen LogP contribution is -2.44. The number of para-hydroxylation sites is 2. The molecule has 1 unspecified atom stereocenters. The Labute approximate surface area is 183 Å². The van der Waals surface area contributed by atoms with Crippen LogP contribution in [0.15, 0.2) is 47.5 Å². The first-order chi connectivity index (χ1) is 13.1. The fourth-order valence-corrected chi connectivity index (χ4v) is 3.31. The number of aliphatic imine (C=N–C) groups is 1. The number of hydrogen-bond acceptors (Lipinski definition) is 3. The summed E-state index contributed by atoms with van der Waals surface area (Å²) in [6.07, 6.45) is 1.01. The highest BCUT2D eigenvalue weighted by atomic mass is 127. The average Bonchev–Trinajstić information content (AvgIpc) is 3.16. The first kappa shape index (κ1) is 22.3. The molecule has 1 saturated heterocycles. The molecule has 0 radical (unpaired) electrons. The Bertz CT molecular complexity index is 815. The van der Waals surface area contributed by atoms with E-state index in [1.165, 1.54) is 0 Å². The quantitative estimate of drug-likeness (QED) is 0.375. The molecule has 0 bridgehead atoms. The van der Waals surface area contributed by atoms with Gasteiger partial charge in [-0.15, -0.1) is 24.0 Å². The average molecular weight is 498 g/mol. The van der Waals surface area contributed by atoms with Gasteiger partial charge in [-0.25, -0.2) is 4.39 Å². The number of ether oxygens (including phenoxy) is 1. The van der Waals surface area contributed by atoms with Crippen molar-refractivity contribution < 1.29 is 9.13 Å². The van der Waals surface area contributed by atoms with E-state index >= 15 is 0 Å². The zero-order chi connectivity index (χ0) is 19.2. The molecule has 3 rings (SSSR count). The minimum atomic E-state index is -0.180. The van der Waals surface area contributed by atoms with Gasteiger partial charge in [0, 0.05) is 32.7 Å². The minimum Gasteiger partial charge on any atom is -0.495 e. The molecule has 0 spiro atoms. The highest BCUT2D eigenvalue weighted by Crippen LogP contribution is 2.30. The largest absolute Gasteiger partial charge is 0.495 e. The van der Waals surface area contributed by atoms with Gasteiger partial charge in [0.25, 0.3) is 0 Å². The molecule has 1 aliphatic rings. The highest BCUT2D eigenvalue weighted by molar-refractivity contribution is 14.0. The van der Waals surface area contributed by atoms with Crippen LogP contribution in [0.4, 0.5) is 10.1 Å². The van der Waals surface area contributed by atoms with Crippen molar-refractivity contribution in [3.63, 3.8) is 0 Å². The van der Waals surface area contributed by atoms with Gasteiger partial charge >= 0.3 is 0 Å². The molecule has 5 nitrogen and oxygen atoms in total. The summed E-state index contributed by atoms with van der Waals surface area (Å²) in [7, 11) is 3.45. The Kier molecular flexibility index (Phi) is 8.35. The second kappa shape index (κ2) is 10.5. The van der Waals surface area contributed by atoms with Gasteiger partial charge in [0.1, 0.15) is 11.6 Å². The normalized spacial score (nSPS) is 16.5. The van der Waals surface area contributed by atoms with Crippen molar-refractivity contribution in [3.8, 4) is 5.75 Å². The number of methoxy groups -OCH3 is 1. The maximum absolute atomic E-state index is 13.7. The lowest BCUT2D eigenvalue weighted by Gasteiger charge is -2.22. The molecule has 152 valence electrons. The molecule has 7 heteroatoms. The van der Waals surface area contributed by atoms with Crippen LogP contribution in [0.25, 0.3) is 0 Å². The third kappa shape index (κ3) is 5.50. The number of nitrogens with zero attached hydrogens (tertiary/aromatic N) is 2. The minimum absolute atomic E-state index is 0. The van der Waals surface area contributed by atoms with Gasteiger partial charge in [0.15, 0.2) is 5.96 Å². The second-order valence-corrected chi connectivity index (χ2v) is 6.76. The number of rotatable bonds is 5. The van der Waals surface area contributed by atoms with Crippen LogP contribution in [0.1, 0.15) is 17.5 Å². The van der Waals surface area contributed by atoms with Crippen LogP contribution in [-0.2, 0) is 6.54 Å². The van der Waals surface area contributed by atoms with Gasteiger partial charge in [-0.1, -0.05) is 24.3 Å². The molecule has 1 heterocycles. The predicted octanol–water partition coefficient (Wildman–Crippen LogP) is 3.70. The van der Waals surface area contributed by atoms with Crippen molar-refractivity contribution in [1.29, 1.82) is 0 Å². The topological polar surface area (TPSA) is 48.9 Å². The predicted molar refractivity (Wildman–Crippen MR) is 123 cm³/mol. The molecule has 0 aromatic heterocycles. The molecule has 2 aromatic carbocycles. The summed E-state index contributed by atoms with van der Waals surface area (Å²) in [6.45, 7) is 4.12. The molecule has 0 aliphatic carbocycles. The van der Waals surface area contributed by atoms with Crippen LogP contribution in [0.5, 0.6) is 5.75 Å². The summed E-state index contributed by atoms with van der Waals surface area (Å²) in [4.78, 5) is 6.61. The van der Waals surface area contributed by atoms with Gasteiger partial charge in [0.05, 0.1) is 12.8 Å². The SMILES string of the molecule is CN=C(NCc1ccc(C)c(F)c1)NC1CCN(c2ccccc2OC)C1.I. The number of hydrogen-bond donors (Lipinski definition) is 2. The lowest BCUT2D eigenvalue weighted by molar-refractivity contribution is 0.415. The maximum atomic E-state index is 13.7. The number of nitrogens with one attached hydrogen (secondary N) is 2. The molecule has 0 saturated carbocycles. The maximum Gasteiger partial charge on any atom is 0.191 e. The van der Waals surface area contributed by atoms with Crippen molar-refractivity contribution in [2.45, 2.75) is 25.9 Å². The number of guanidine groups is 1. The lowest BCUT2D eigenvalue weighted by atomic mass is 10.1. The van der Waals surface area contributed by atoms with Crippen LogP contribution >= 0.6 is 24.0 Å². The van der Waals surface area contributed by atoms with Crippen molar-refractivity contribution in [2.75, 3.05) is 32.1 Å². The summed E-state index contributed by atoms with van der Waals surface area (Å²) in [5.74, 6) is 1.44. The number of anilines is 1. The van der Waals surface area contributed by atoms with Crippen molar-refractivity contribution in [3.05, 3.63) is 59.4 Å². The number of halogens is 2. The molecule has 28 heavy (non-hydrogen) atoms. The number of benzene rings is 2. The molecule has 1 fully saturated rings. The monoisotopic (exact) mass is 498 g/mol. The first-order valence-electron chi connectivity index (χ1n) is 9.21. The van der Waals surface area contributed by atoms with Crippen molar-refractivity contribution >= 4 is 35.6 Å². The Balaban J connectivity index is 0.00000280. The summed E-state index contributed by atoms with van der Waals surface area (Å²) >= 11 is 0. The second-order valence-electron chi connectivity index (χ2n) is 6.76. The Morgan fingerprint density at radius 2 is 2.07 bits per heavy atom. The van der Waals surface area contributed by atoms with Crippen LogP contribution < -0.4 is 20.3 Å². The molecule has 2 N–H and O–H groups in total. The third-order valence-electron chi connectivity index (χ3n) is 4.87. The van der Waals surface area contributed by atoms with E-state index in [0.717, 1.165) is 42.5 Å². The molecule has 0 amide bonds. The zero-order valence-electron chi connectivity index (χ0n) is 16.5. The van der Waals surface area contributed by atoms with Crippen LogP contribution in [0.3, 0.4) is 0 Å². The van der Waals surface area contributed by atoms with Gasteiger partial charge in [-0.2, -0.15) is 0 Å². The molecule has 2 aromatic rings. The van der Waals surface area contributed by atoms with Crippen molar-refractivity contribution in [1.82, 2.24) is 10.6 Å².